The average Bonchev–Trinajstić information content (AvgIpc) is 3.30. The topological polar surface area (TPSA) is 114 Å². The van der Waals surface area contributed by atoms with Crippen LogP contribution >= 0.6 is 0 Å². The van der Waals surface area contributed by atoms with Crippen molar-refractivity contribution in [3.8, 4) is 0 Å². The predicted molar refractivity (Wildman–Crippen MR) is 95.6 cm³/mol. The fourth-order valence-electron chi connectivity index (χ4n) is 3.98. The Kier molecular flexibility index (Phi) is 5.17. The Morgan fingerprint density at radius 1 is 1.30 bits per heavy atom. The van der Waals surface area contributed by atoms with Crippen molar-refractivity contribution in [3.05, 3.63) is 22.8 Å². The third-order valence-corrected chi connectivity index (χ3v) is 5.10. The van der Waals surface area contributed by atoms with Gasteiger partial charge >= 0.3 is 0 Å². The molecule has 1 fully saturated rings. The highest BCUT2D eigenvalue weighted by molar-refractivity contribution is 5.75. The lowest BCUT2D eigenvalue weighted by Crippen LogP contribution is -2.45. The maximum Gasteiger partial charge on any atom is 0.242 e. The molecule has 4 rings (SSSR count). The summed E-state index contributed by atoms with van der Waals surface area (Å²) in [4.78, 5) is 14.6. The van der Waals surface area contributed by atoms with Crippen LogP contribution in [0.4, 0.5) is 0 Å². The zero-order valence-corrected chi connectivity index (χ0v) is 15.8. The van der Waals surface area contributed by atoms with Gasteiger partial charge in [-0.3, -0.25) is 14.8 Å². The number of nitrogens with one attached hydrogen (secondary N) is 2. The van der Waals surface area contributed by atoms with E-state index in [0.717, 1.165) is 38.0 Å². The molecule has 0 radical (unpaired) electrons. The molecule has 2 aliphatic rings. The van der Waals surface area contributed by atoms with Crippen molar-refractivity contribution in [1.29, 1.82) is 0 Å². The molecule has 0 bridgehead atoms. The molecule has 2 aromatic rings. The molecule has 1 amide bonds. The SMILES string of the molecule is C[C@@H]1CN(Cc2nnnn2CC(=O)NCc2n[nH]c3c2CCC3)C[C@H](C)O1. The Labute approximate surface area is 157 Å². The minimum atomic E-state index is -0.123. The van der Waals surface area contributed by atoms with Crippen LogP contribution in [0.1, 0.15) is 43.0 Å². The number of amides is 1. The summed E-state index contributed by atoms with van der Waals surface area (Å²) in [5.41, 5.74) is 3.40. The summed E-state index contributed by atoms with van der Waals surface area (Å²) in [6, 6.07) is 0. The predicted octanol–water partition coefficient (Wildman–Crippen LogP) is -0.189. The third-order valence-electron chi connectivity index (χ3n) is 5.10. The van der Waals surface area contributed by atoms with Crippen LogP contribution in [0.5, 0.6) is 0 Å². The van der Waals surface area contributed by atoms with E-state index in [0.29, 0.717) is 18.9 Å². The molecule has 2 atom stereocenters. The molecule has 0 unspecified atom stereocenters. The lowest BCUT2D eigenvalue weighted by atomic mass is 10.2. The summed E-state index contributed by atoms with van der Waals surface area (Å²) in [6.45, 7) is 6.91. The van der Waals surface area contributed by atoms with Gasteiger partial charge in [0.25, 0.3) is 0 Å². The zero-order valence-electron chi connectivity index (χ0n) is 15.8. The molecule has 146 valence electrons. The van der Waals surface area contributed by atoms with Crippen LogP contribution < -0.4 is 5.32 Å². The second kappa shape index (κ2) is 7.73. The number of aromatic amines is 1. The molecule has 3 heterocycles. The first-order valence-electron chi connectivity index (χ1n) is 9.53. The van der Waals surface area contributed by atoms with E-state index < -0.39 is 0 Å². The van der Waals surface area contributed by atoms with E-state index in [2.05, 4.69) is 49.8 Å². The Morgan fingerprint density at radius 2 is 2.11 bits per heavy atom. The minimum Gasteiger partial charge on any atom is -0.373 e. The Morgan fingerprint density at radius 3 is 2.93 bits per heavy atom. The molecule has 0 aromatic carbocycles. The van der Waals surface area contributed by atoms with Gasteiger partial charge in [-0.1, -0.05) is 0 Å². The fraction of sp³-hybridized carbons (Fsp3) is 0.706. The van der Waals surface area contributed by atoms with E-state index in [4.69, 9.17) is 4.74 Å². The highest BCUT2D eigenvalue weighted by atomic mass is 16.5. The summed E-state index contributed by atoms with van der Waals surface area (Å²) in [6.07, 6.45) is 3.58. The van der Waals surface area contributed by atoms with Gasteiger partial charge in [0.1, 0.15) is 6.54 Å². The molecular weight excluding hydrogens is 348 g/mol. The van der Waals surface area contributed by atoms with Crippen LogP contribution in [0.3, 0.4) is 0 Å². The lowest BCUT2D eigenvalue weighted by molar-refractivity contribution is -0.122. The number of fused-ring (bicyclic) bond motifs is 1. The molecule has 2 aromatic heterocycles. The van der Waals surface area contributed by atoms with Crippen LogP contribution in [-0.4, -0.2) is 66.5 Å². The average molecular weight is 374 g/mol. The van der Waals surface area contributed by atoms with Crippen molar-refractivity contribution in [2.24, 2.45) is 0 Å². The van der Waals surface area contributed by atoms with Gasteiger partial charge in [-0.05, 0) is 49.1 Å². The normalized spacial score (nSPS) is 22.7. The molecule has 10 nitrogen and oxygen atoms in total. The van der Waals surface area contributed by atoms with E-state index in [1.54, 1.807) is 4.68 Å². The van der Waals surface area contributed by atoms with Crippen molar-refractivity contribution in [1.82, 2.24) is 40.6 Å². The van der Waals surface area contributed by atoms with E-state index >= 15 is 0 Å². The number of rotatable bonds is 6. The first-order chi connectivity index (χ1) is 13.1. The van der Waals surface area contributed by atoms with Crippen LogP contribution in [0, 0.1) is 0 Å². The lowest BCUT2D eigenvalue weighted by Gasteiger charge is -2.34. The summed E-state index contributed by atoms with van der Waals surface area (Å²) in [7, 11) is 0. The Hall–Kier alpha value is -2.33. The van der Waals surface area contributed by atoms with Crippen molar-refractivity contribution in [2.45, 2.75) is 65.0 Å². The van der Waals surface area contributed by atoms with Gasteiger partial charge in [-0.15, -0.1) is 5.10 Å². The molecular formula is C17H26N8O2. The van der Waals surface area contributed by atoms with Crippen LogP contribution in [0.15, 0.2) is 0 Å². The van der Waals surface area contributed by atoms with Gasteiger partial charge in [-0.2, -0.15) is 5.10 Å². The van der Waals surface area contributed by atoms with Gasteiger partial charge in [0.2, 0.25) is 5.91 Å². The minimum absolute atomic E-state index is 0.102. The van der Waals surface area contributed by atoms with Gasteiger partial charge < -0.3 is 10.1 Å². The fourth-order valence-corrected chi connectivity index (χ4v) is 3.98. The molecule has 1 aliphatic carbocycles. The maximum atomic E-state index is 12.4. The summed E-state index contributed by atoms with van der Waals surface area (Å²) < 4.78 is 7.32. The number of morpholine rings is 1. The number of H-pyrrole nitrogens is 1. The number of carbonyl (C=O) groups excluding carboxylic acids is 1. The van der Waals surface area contributed by atoms with Gasteiger partial charge in [0.15, 0.2) is 5.82 Å². The second-order valence-corrected chi connectivity index (χ2v) is 7.46. The van der Waals surface area contributed by atoms with E-state index in [-0.39, 0.29) is 24.7 Å². The number of tetrazole rings is 1. The highest BCUT2D eigenvalue weighted by Crippen LogP contribution is 2.22. The quantitative estimate of drug-likeness (QED) is 0.720. The summed E-state index contributed by atoms with van der Waals surface area (Å²) >= 11 is 0. The first-order valence-corrected chi connectivity index (χ1v) is 9.53. The number of hydrogen-bond acceptors (Lipinski definition) is 7. The molecule has 0 saturated carbocycles. The summed E-state index contributed by atoms with van der Waals surface area (Å²) in [5.74, 6) is 0.564. The van der Waals surface area contributed by atoms with E-state index in [9.17, 15) is 4.79 Å². The molecule has 0 spiro atoms. The number of aromatic nitrogens is 6. The Balaban J connectivity index is 1.32. The number of ether oxygens (including phenoxy) is 1. The molecule has 2 N–H and O–H groups in total. The van der Waals surface area contributed by atoms with Crippen molar-refractivity contribution >= 4 is 5.91 Å². The molecule has 1 saturated heterocycles. The molecule has 1 aliphatic heterocycles. The zero-order chi connectivity index (χ0) is 18.8. The van der Waals surface area contributed by atoms with Crippen molar-refractivity contribution < 1.29 is 9.53 Å². The third kappa shape index (κ3) is 4.16. The number of carbonyl (C=O) groups is 1. The standard InChI is InChI=1S/C17H26N8O2/c1-11-7-24(8-12(2)27-11)9-16-21-22-23-25(16)10-17(26)18-6-15-13-4-3-5-14(13)19-20-15/h11-12H,3-10H2,1-2H3,(H,18,26)(H,19,20)/t11-,12+. The van der Waals surface area contributed by atoms with Crippen molar-refractivity contribution in [3.63, 3.8) is 0 Å². The van der Waals surface area contributed by atoms with Crippen LogP contribution in [-0.2, 0) is 42.0 Å². The van der Waals surface area contributed by atoms with Gasteiger partial charge in [0.05, 0.1) is 31.0 Å². The second-order valence-electron chi connectivity index (χ2n) is 7.46. The number of hydrogen-bond donors (Lipinski definition) is 2. The smallest absolute Gasteiger partial charge is 0.242 e. The van der Waals surface area contributed by atoms with Crippen LogP contribution in [0.2, 0.25) is 0 Å². The number of aryl methyl sites for hydroxylation is 1. The first kappa shape index (κ1) is 18.1. The maximum absolute atomic E-state index is 12.4. The largest absolute Gasteiger partial charge is 0.373 e. The monoisotopic (exact) mass is 374 g/mol. The van der Waals surface area contributed by atoms with Crippen molar-refractivity contribution in [2.75, 3.05) is 13.1 Å². The Bertz CT molecular complexity index is 791. The van der Waals surface area contributed by atoms with E-state index in [1.807, 2.05) is 0 Å². The van der Waals surface area contributed by atoms with Gasteiger partial charge in [-0.25, -0.2) is 4.68 Å². The molecule has 27 heavy (non-hydrogen) atoms. The number of nitrogens with zero attached hydrogens (tertiary/aromatic N) is 6. The van der Waals surface area contributed by atoms with Crippen LogP contribution in [0.25, 0.3) is 0 Å². The molecule has 10 heteroatoms. The van der Waals surface area contributed by atoms with Gasteiger partial charge in [0, 0.05) is 18.8 Å². The summed E-state index contributed by atoms with van der Waals surface area (Å²) in [5, 5.41) is 22.1. The van der Waals surface area contributed by atoms with E-state index in [1.165, 1.54) is 11.3 Å². The highest BCUT2D eigenvalue weighted by Gasteiger charge is 2.24.